The van der Waals surface area contributed by atoms with E-state index in [9.17, 15) is 14.9 Å². The van der Waals surface area contributed by atoms with Crippen LogP contribution in [0.3, 0.4) is 0 Å². The molecule has 0 aliphatic carbocycles. The fourth-order valence-electron chi connectivity index (χ4n) is 7.12. The van der Waals surface area contributed by atoms with Gasteiger partial charge >= 0.3 is 5.70 Å². The molecule has 0 unspecified atom stereocenters. The van der Waals surface area contributed by atoms with Crippen molar-refractivity contribution in [2.75, 3.05) is 0 Å². The second-order valence-corrected chi connectivity index (χ2v) is 24.2. The van der Waals surface area contributed by atoms with Crippen molar-refractivity contribution in [1.29, 1.82) is 0 Å². The van der Waals surface area contributed by atoms with E-state index >= 15 is 0 Å². The fraction of sp³-hybridized carbons (Fsp3) is 0.514. The summed E-state index contributed by atoms with van der Waals surface area (Å²) in [6.45, 7) is 26.5. The van der Waals surface area contributed by atoms with Crippen molar-refractivity contribution >= 4 is 28.5 Å². The maximum atomic E-state index is 13.8. The Labute approximate surface area is 262 Å². The molecule has 2 aromatic carbocycles. The molecule has 2 aromatic rings. The second-order valence-electron chi connectivity index (χ2n) is 13.4. The van der Waals surface area contributed by atoms with E-state index in [-0.39, 0.29) is 5.56 Å². The lowest BCUT2D eigenvalue weighted by atomic mass is 10.1. The molecule has 0 saturated carbocycles. The average molecular weight is 624 g/mol. The quantitative estimate of drug-likeness (QED) is 0.0492. The maximum Gasteiger partial charge on any atom is 0.316 e. The molecule has 0 radical (unpaired) electrons. The molecule has 0 aliphatic rings. The van der Waals surface area contributed by atoms with E-state index in [0.717, 1.165) is 5.56 Å². The first-order valence-electron chi connectivity index (χ1n) is 15.7. The minimum absolute atomic E-state index is 0.196. The highest BCUT2D eigenvalue weighted by Gasteiger charge is 2.49. The van der Waals surface area contributed by atoms with Gasteiger partial charge in [-0.05, 0) is 50.9 Å². The smallest absolute Gasteiger partial charge is 0.316 e. The van der Waals surface area contributed by atoms with Crippen LogP contribution in [-0.4, -0.2) is 27.3 Å². The number of nitro groups is 1. The summed E-state index contributed by atoms with van der Waals surface area (Å²) in [7, 11) is -4.79. The highest BCUT2D eigenvalue weighted by molar-refractivity contribution is 6.78. The summed E-state index contributed by atoms with van der Waals surface area (Å²) >= 11 is 0. The van der Waals surface area contributed by atoms with E-state index < -0.39 is 33.0 Å². The Morgan fingerprint density at radius 3 is 1.44 bits per heavy atom. The minimum atomic E-state index is -2.40. The number of carbonyl (C=O) groups is 1. The van der Waals surface area contributed by atoms with Gasteiger partial charge in [0.2, 0.25) is 0 Å². The number of carbonyl (C=O) groups excluding carboxylic acids is 1. The molecule has 0 heterocycles. The van der Waals surface area contributed by atoms with Gasteiger partial charge in [-0.3, -0.25) is 14.9 Å². The van der Waals surface area contributed by atoms with E-state index in [1.165, 1.54) is 6.08 Å². The SMILES string of the molecule is CC(C)[Si](Oc1cc(O[Si](C(C)C)(C(C)C)C(C)C)cc(C(=O)/C(=C/C=C/c2ccccc2)[N+](=O)[O-])c1)(C(C)C)C(C)C. The van der Waals surface area contributed by atoms with Gasteiger partial charge in [0.15, 0.2) is 0 Å². The third-order valence-corrected chi connectivity index (χ3v) is 20.9. The lowest BCUT2D eigenvalue weighted by Crippen LogP contribution is -2.51. The van der Waals surface area contributed by atoms with Gasteiger partial charge in [0.1, 0.15) is 11.5 Å². The van der Waals surface area contributed by atoms with Crippen molar-refractivity contribution in [3.05, 3.63) is 87.6 Å². The Balaban J connectivity index is 2.77. The van der Waals surface area contributed by atoms with Gasteiger partial charge in [-0.15, -0.1) is 0 Å². The predicted molar refractivity (Wildman–Crippen MR) is 185 cm³/mol. The van der Waals surface area contributed by atoms with Crippen LogP contribution in [0.2, 0.25) is 33.2 Å². The number of nitrogens with zero attached hydrogens (tertiary/aromatic N) is 1. The van der Waals surface area contributed by atoms with E-state index in [4.69, 9.17) is 8.85 Å². The molecule has 0 fully saturated rings. The molecule has 6 nitrogen and oxygen atoms in total. The van der Waals surface area contributed by atoms with Crippen molar-refractivity contribution in [3.8, 4) is 11.5 Å². The zero-order valence-corrected chi connectivity index (χ0v) is 30.3. The second kappa shape index (κ2) is 15.2. The lowest BCUT2D eigenvalue weighted by molar-refractivity contribution is -0.416. The summed E-state index contributed by atoms with van der Waals surface area (Å²) in [5, 5.41) is 12.2. The number of hydrogen-bond acceptors (Lipinski definition) is 5. The monoisotopic (exact) mass is 623 g/mol. The normalized spacial score (nSPS) is 13.3. The standard InChI is InChI=1S/C35H53NO5Si2/c1-24(2)42(25(3)4,26(5)6)40-32-21-31(22-33(23-32)41-43(27(7)8,28(9)10)29(11)12)35(37)34(36(38)39)20-16-19-30-17-14-13-15-18-30/h13-29H,1-12H3/b19-16+,34-20-. The topological polar surface area (TPSA) is 78.7 Å². The van der Waals surface area contributed by atoms with Gasteiger partial charge in [0.05, 0.1) is 4.92 Å². The first kappa shape index (κ1) is 36.2. The van der Waals surface area contributed by atoms with E-state index in [0.29, 0.717) is 44.7 Å². The van der Waals surface area contributed by atoms with Crippen molar-refractivity contribution in [2.24, 2.45) is 0 Å². The van der Waals surface area contributed by atoms with Crippen molar-refractivity contribution < 1.29 is 18.6 Å². The van der Waals surface area contributed by atoms with Crippen LogP contribution in [0.4, 0.5) is 0 Å². The Bertz CT molecular complexity index is 1200. The van der Waals surface area contributed by atoms with Crippen LogP contribution in [0.15, 0.2) is 66.4 Å². The number of Topliss-reactive ketones (excluding diaryl/α,β-unsaturated/α-hetero) is 1. The van der Waals surface area contributed by atoms with Crippen LogP contribution in [0.5, 0.6) is 11.5 Å². The van der Waals surface area contributed by atoms with E-state index in [2.05, 4.69) is 83.1 Å². The molecule has 8 heteroatoms. The summed E-state index contributed by atoms with van der Waals surface area (Å²) in [4.78, 5) is 25.4. The van der Waals surface area contributed by atoms with Crippen LogP contribution in [0, 0.1) is 10.1 Å². The third-order valence-electron chi connectivity index (χ3n) is 8.92. The molecular weight excluding hydrogens is 571 g/mol. The Morgan fingerprint density at radius 1 is 0.698 bits per heavy atom. The van der Waals surface area contributed by atoms with Crippen LogP contribution in [-0.2, 0) is 0 Å². The summed E-state index contributed by atoms with van der Waals surface area (Å²) < 4.78 is 14.0. The van der Waals surface area contributed by atoms with Gasteiger partial charge < -0.3 is 8.85 Å². The molecular formula is C35H53NO5Si2. The molecule has 0 spiro atoms. The number of rotatable bonds is 15. The van der Waals surface area contributed by atoms with Crippen LogP contribution in [0.1, 0.15) is 99.0 Å². The van der Waals surface area contributed by atoms with Crippen LogP contribution < -0.4 is 8.85 Å². The molecule has 2 rings (SSSR count). The summed E-state index contributed by atoms with van der Waals surface area (Å²) in [5.74, 6) is 0.422. The maximum absolute atomic E-state index is 13.8. The Kier molecular flexibility index (Phi) is 12.8. The summed E-state index contributed by atoms with van der Waals surface area (Å²) in [5.41, 5.74) is 2.43. The third kappa shape index (κ3) is 8.15. The van der Waals surface area contributed by atoms with Crippen molar-refractivity contribution in [3.63, 3.8) is 0 Å². The molecule has 0 N–H and O–H groups in total. The van der Waals surface area contributed by atoms with Gasteiger partial charge in [-0.1, -0.05) is 126 Å². The summed E-state index contributed by atoms with van der Waals surface area (Å²) in [6, 6.07) is 14.7. The Morgan fingerprint density at radius 2 is 1.09 bits per heavy atom. The van der Waals surface area contributed by atoms with Gasteiger partial charge in [0.25, 0.3) is 22.4 Å². The highest BCUT2D eigenvalue weighted by Crippen LogP contribution is 2.46. The molecule has 236 valence electrons. The van der Waals surface area contributed by atoms with Crippen LogP contribution >= 0.6 is 0 Å². The van der Waals surface area contributed by atoms with Crippen molar-refractivity contribution in [2.45, 2.75) is 116 Å². The average Bonchev–Trinajstić information content (AvgIpc) is 2.91. The van der Waals surface area contributed by atoms with Gasteiger partial charge in [0, 0.05) is 17.7 Å². The first-order valence-corrected chi connectivity index (χ1v) is 19.9. The number of ketones is 1. The zero-order valence-electron chi connectivity index (χ0n) is 28.3. The molecule has 0 aliphatic heterocycles. The van der Waals surface area contributed by atoms with Gasteiger partial charge in [-0.25, -0.2) is 0 Å². The van der Waals surface area contributed by atoms with Crippen LogP contribution in [0.25, 0.3) is 6.08 Å². The first-order chi connectivity index (χ1) is 20.0. The molecule has 0 saturated heterocycles. The fourth-order valence-corrected chi connectivity index (χ4v) is 17.6. The molecule has 0 aromatic heterocycles. The Hall–Kier alpha value is -2.98. The highest BCUT2D eigenvalue weighted by atomic mass is 28.4. The molecule has 0 atom stereocenters. The van der Waals surface area contributed by atoms with Crippen molar-refractivity contribution in [1.82, 2.24) is 0 Å². The zero-order chi connectivity index (χ0) is 32.7. The van der Waals surface area contributed by atoms with Gasteiger partial charge in [-0.2, -0.15) is 0 Å². The van der Waals surface area contributed by atoms with E-state index in [1.807, 2.05) is 36.4 Å². The molecule has 43 heavy (non-hydrogen) atoms. The minimum Gasteiger partial charge on any atom is -0.543 e. The largest absolute Gasteiger partial charge is 0.543 e. The number of allylic oxidation sites excluding steroid dienone is 3. The molecule has 0 amide bonds. The number of hydrogen-bond donors (Lipinski definition) is 0. The van der Waals surface area contributed by atoms with E-state index in [1.54, 1.807) is 24.3 Å². The summed E-state index contributed by atoms with van der Waals surface area (Å²) in [6.07, 6.45) is 4.56. The number of benzene rings is 2. The lowest BCUT2D eigenvalue weighted by Gasteiger charge is -2.43. The molecule has 0 bridgehead atoms. The predicted octanol–water partition coefficient (Wildman–Crippen LogP) is 10.9.